The van der Waals surface area contributed by atoms with Gasteiger partial charge < -0.3 is 4.52 Å². The maximum absolute atomic E-state index is 14.3. The second kappa shape index (κ2) is 6.63. The molecule has 11 heteroatoms. The van der Waals surface area contributed by atoms with Gasteiger partial charge in [0.2, 0.25) is 11.7 Å². The first-order valence-corrected chi connectivity index (χ1v) is 7.45. The van der Waals surface area contributed by atoms with Gasteiger partial charge in [0.05, 0.1) is 13.7 Å². The quantitative estimate of drug-likeness (QED) is 0.591. The van der Waals surface area contributed by atoms with E-state index in [0.717, 1.165) is 17.2 Å². The number of amides is 1. The van der Waals surface area contributed by atoms with Crippen molar-refractivity contribution in [3.05, 3.63) is 35.2 Å². The van der Waals surface area contributed by atoms with Gasteiger partial charge in [-0.3, -0.25) is 9.63 Å². The molecular formula is C15H12F5N3O3. The zero-order valence-electron chi connectivity index (χ0n) is 13.3. The van der Waals surface area contributed by atoms with Crippen molar-refractivity contribution in [3.8, 4) is 11.4 Å². The van der Waals surface area contributed by atoms with Crippen LogP contribution in [0.2, 0.25) is 0 Å². The van der Waals surface area contributed by atoms with Crippen molar-refractivity contribution in [2.45, 2.75) is 25.6 Å². The molecule has 0 radical (unpaired) electrons. The molecule has 0 bridgehead atoms. The number of hydroxylamine groups is 2. The van der Waals surface area contributed by atoms with Crippen LogP contribution >= 0.6 is 0 Å². The smallest absolute Gasteiger partial charge is 0.329 e. The summed E-state index contributed by atoms with van der Waals surface area (Å²) < 4.78 is 70.0. The molecule has 1 aliphatic rings. The Morgan fingerprint density at radius 1 is 1.31 bits per heavy atom. The van der Waals surface area contributed by atoms with Gasteiger partial charge in [0.1, 0.15) is 11.6 Å². The SMILES string of the molecule is CON(Cc1c(F)cc(-c2noc(C(F)(F)F)n2)cc1F)C(=O)C1CC1. The van der Waals surface area contributed by atoms with E-state index < -0.39 is 41.6 Å². The van der Waals surface area contributed by atoms with E-state index in [0.29, 0.717) is 12.8 Å². The van der Waals surface area contributed by atoms with Crippen molar-refractivity contribution < 1.29 is 36.1 Å². The van der Waals surface area contributed by atoms with Gasteiger partial charge in [0.25, 0.3) is 0 Å². The van der Waals surface area contributed by atoms with E-state index in [9.17, 15) is 26.7 Å². The summed E-state index contributed by atoms with van der Waals surface area (Å²) in [6.45, 7) is -0.482. The van der Waals surface area contributed by atoms with Crippen molar-refractivity contribution in [1.82, 2.24) is 15.2 Å². The first kappa shape index (κ1) is 18.2. The summed E-state index contributed by atoms with van der Waals surface area (Å²) in [4.78, 5) is 19.9. The average molecular weight is 377 g/mol. The number of hydrogen-bond donors (Lipinski definition) is 0. The molecule has 1 aromatic heterocycles. The Bertz CT molecular complexity index is 809. The number of aromatic nitrogens is 2. The predicted octanol–water partition coefficient (Wildman–Crippen LogP) is 3.33. The highest BCUT2D eigenvalue weighted by atomic mass is 19.4. The highest BCUT2D eigenvalue weighted by Gasteiger charge is 2.39. The number of nitrogens with zero attached hydrogens (tertiary/aromatic N) is 3. The zero-order valence-corrected chi connectivity index (χ0v) is 13.3. The fourth-order valence-corrected chi connectivity index (χ4v) is 2.25. The molecule has 3 rings (SSSR count). The summed E-state index contributed by atoms with van der Waals surface area (Å²) in [7, 11) is 1.20. The highest BCUT2D eigenvalue weighted by Crippen LogP contribution is 2.33. The number of alkyl halides is 3. The minimum absolute atomic E-state index is 0.222. The molecule has 0 unspecified atom stereocenters. The number of rotatable bonds is 5. The summed E-state index contributed by atoms with van der Waals surface area (Å²) in [5.74, 6) is -5.01. The Morgan fingerprint density at radius 2 is 1.92 bits per heavy atom. The molecule has 6 nitrogen and oxygen atoms in total. The van der Waals surface area contributed by atoms with E-state index in [1.165, 1.54) is 7.11 Å². The molecule has 0 N–H and O–H groups in total. The number of benzene rings is 1. The van der Waals surface area contributed by atoms with Crippen LogP contribution in [0.25, 0.3) is 11.4 Å². The normalized spacial score (nSPS) is 14.5. The van der Waals surface area contributed by atoms with E-state index in [1.54, 1.807) is 0 Å². The lowest BCUT2D eigenvalue weighted by atomic mass is 10.1. The lowest BCUT2D eigenvalue weighted by molar-refractivity contribution is -0.181. The number of carbonyl (C=O) groups excluding carboxylic acids is 1. The van der Waals surface area contributed by atoms with Gasteiger partial charge in [0.15, 0.2) is 0 Å². The third-order valence-corrected chi connectivity index (χ3v) is 3.76. The van der Waals surface area contributed by atoms with Crippen molar-refractivity contribution >= 4 is 5.91 Å². The lowest BCUT2D eigenvalue weighted by Gasteiger charge is -2.20. The van der Waals surface area contributed by atoms with Crippen LogP contribution in [0, 0.1) is 17.6 Å². The average Bonchev–Trinajstić information content (AvgIpc) is 3.28. The van der Waals surface area contributed by atoms with Gasteiger partial charge in [0, 0.05) is 17.0 Å². The van der Waals surface area contributed by atoms with Gasteiger partial charge in [-0.1, -0.05) is 5.16 Å². The third kappa shape index (κ3) is 3.66. The Kier molecular flexibility index (Phi) is 4.65. The summed E-state index contributed by atoms with van der Waals surface area (Å²) in [5.41, 5.74) is -0.801. The fraction of sp³-hybridized carbons (Fsp3) is 0.400. The summed E-state index contributed by atoms with van der Waals surface area (Å²) in [6.07, 6.45) is -3.51. The van der Waals surface area contributed by atoms with E-state index in [1.807, 2.05) is 0 Å². The van der Waals surface area contributed by atoms with Crippen molar-refractivity contribution in [1.29, 1.82) is 0 Å². The molecule has 0 spiro atoms. The van der Waals surface area contributed by atoms with E-state index in [4.69, 9.17) is 4.84 Å². The minimum atomic E-state index is -4.87. The number of halogens is 5. The second-order valence-electron chi connectivity index (χ2n) is 5.67. The molecule has 1 heterocycles. The first-order valence-electron chi connectivity index (χ1n) is 7.45. The lowest BCUT2D eigenvalue weighted by Crippen LogP contribution is -2.31. The second-order valence-corrected chi connectivity index (χ2v) is 5.67. The van der Waals surface area contributed by atoms with Gasteiger partial charge in [-0.15, -0.1) is 0 Å². The van der Waals surface area contributed by atoms with Crippen molar-refractivity contribution in [3.63, 3.8) is 0 Å². The summed E-state index contributed by atoms with van der Waals surface area (Å²) in [5, 5.41) is 3.92. The van der Waals surface area contributed by atoms with Crippen LogP contribution in [-0.2, 0) is 22.4 Å². The maximum Gasteiger partial charge on any atom is 0.471 e. The van der Waals surface area contributed by atoms with E-state index in [2.05, 4.69) is 14.7 Å². The summed E-state index contributed by atoms with van der Waals surface area (Å²) >= 11 is 0. The van der Waals surface area contributed by atoms with E-state index in [-0.39, 0.29) is 17.4 Å². The largest absolute Gasteiger partial charge is 0.471 e. The van der Waals surface area contributed by atoms with E-state index >= 15 is 0 Å². The van der Waals surface area contributed by atoms with Crippen LogP contribution in [-0.4, -0.2) is 28.2 Å². The topological polar surface area (TPSA) is 68.5 Å². The molecule has 0 aliphatic heterocycles. The minimum Gasteiger partial charge on any atom is -0.329 e. The molecule has 1 aliphatic carbocycles. The molecule has 0 saturated heterocycles. The molecular weight excluding hydrogens is 365 g/mol. The molecule has 2 aromatic rings. The molecule has 1 aromatic carbocycles. The summed E-state index contributed by atoms with van der Waals surface area (Å²) in [6, 6.07) is 1.53. The van der Waals surface area contributed by atoms with Crippen LogP contribution < -0.4 is 0 Å². The van der Waals surface area contributed by atoms with Crippen LogP contribution in [0.1, 0.15) is 24.3 Å². The number of hydrogen-bond acceptors (Lipinski definition) is 5. The molecule has 1 saturated carbocycles. The van der Waals surface area contributed by atoms with Gasteiger partial charge in [-0.05, 0) is 25.0 Å². The molecule has 1 fully saturated rings. The molecule has 26 heavy (non-hydrogen) atoms. The fourth-order valence-electron chi connectivity index (χ4n) is 2.25. The van der Waals surface area contributed by atoms with Gasteiger partial charge >= 0.3 is 12.1 Å². The predicted molar refractivity (Wildman–Crippen MR) is 74.9 cm³/mol. The van der Waals surface area contributed by atoms with Crippen molar-refractivity contribution in [2.75, 3.05) is 7.11 Å². The standard InChI is InChI=1S/C15H12F5N3O3/c1-25-23(13(24)7-2-3-7)6-9-10(16)4-8(5-11(9)17)12-21-14(26-22-12)15(18,19)20/h4-5,7H,2-3,6H2,1H3. The molecule has 0 atom stereocenters. The first-order chi connectivity index (χ1) is 12.2. The van der Waals surface area contributed by atoms with Gasteiger partial charge in [-0.2, -0.15) is 18.2 Å². The third-order valence-electron chi connectivity index (χ3n) is 3.76. The van der Waals surface area contributed by atoms with Crippen LogP contribution in [0.4, 0.5) is 22.0 Å². The number of carbonyl (C=O) groups is 1. The monoisotopic (exact) mass is 377 g/mol. The van der Waals surface area contributed by atoms with Crippen LogP contribution in [0.3, 0.4) is 0 Å². The maximum atomic E-state index is 14.3. The Morgan fingerprint density at radius 3 is 2.38 bits per heavy atom. The van der Waals surface area contributed by atoms with Crippen LogP contribution in [0.5, 0.6) is 0 Å². The molecule has 140 valence electrons. The van der Waals surface area contributed by atoms with Gasteiger partial charge in [-0.25, -0.2) is 13.8 Å². The van der Waals surface area contributed by atoms with Crippen molar-refractivity contribution in [2.24, 2.45) is 5.92 Å². The molecule has 1 amide bonds. The Hall–Kier alpha value is -2.56. The Labute approximate surface area is 143 Å². The zero-order chi connectivity index (χ0) is 19.1. The van der Waals surface area contributed by atoms with Crippen LogP contribution in [0.15, 0.2) is 16.7 Å². The Balaban J connectivity index is 1.86. The highest BCUT2D eigenvalue weighted by molar-refractivity contribution is 5.80.